The molecule has 0 spiro atoms. The Kier molecular flexibility index (Phi) is 6.25. The highest BCUT2D eigenvalue weighted by atomic mass is 32.2. The summed E-state index contributed by atoms with van der Waals surface area (Å²) in [4.78, 5) is -0.454. The van der Waals surface area contributed by atoms with Crippen LogP contribution in [-0.4, -0.2) is 40.4 Å². The second-order valence-corrected chi connectivity index (χ2v) is 10.1. The molecule has 32 heavy (non-hydrogen) atoms. The molecule has 1 aromatic heterocycles. The van der Waals surface area contributed by atoms with Gasteiger partial charge in [-0.3, -0.25) is 0 Å². The van der Waals surface area contributed by atoms with Crippen LogP contribution >= 0.6 is 0 Å². The molecule has 1 aliphatic rings. The van der Waals surface area contributed by atoms with E-state index in [9.17, 15) is 17.2 Å². The lowest BCUT2D eigenvalue weighted by Gasteiger charge is -2.28. The summed E-state index contributed by atoms with van der Waals surface area (Å²) in [5.41, 5.74) is 1.25. The molecule has 0 amide bonds. The molecule has 0 fully saturated rings. The number of fused-ring (bicyclic) bond motifs is 1. The maximum absolute atomic E-state index is 14.6. The van der Waals surface area contributed by atoms with Crippen molar-refractivity contribution in [3.8, 4) is 5.75 Å². The van der Waals surface area contributed by atoms with Crippen LogP contribution in [0.2, 0.25) is 0 Å². The summed E-state index contributed by atoms with van der Waals surface area (Å²) in [7, 11) is -4.18. The predicted octanol–water partition coefficient (Wildman–Crippen LogP) is 3.60. The Morgan fingerprint density at radius 2 is 1.88 bits per heavy atom. The van der Waals surface area contributed by atoms with Gasteiger partial charge in [-0.2, -0.15) is 4.31 Å². The number of ether oxygens (including phenoxy) is 1. The Hall–Kier alpha value is -2.85. The molecule has 170 valence electrons. The van der Waals surface area contributed by atoms with Crippen molar-refractivity contribution in [1.29, 1.82) is 0 Å². The molecule has 0 saturated heterocycles. The summed E-state index contributed by atoms with van der Waals surface area (Å²) >= 11 is 0. The highest BCUT2D eigenvalue weighted by Gasteiger charge is 2.39. The van der Waals surface area contributed by atoms with Gasteiger partial charge in [-0.15, -0.1) is 5.10 Å². The Balaban J connectivity index is 1.64. The van der Waals surface area contributed by atoms with Gasteiger partial charge in [-0.25, -0.2) is 21.9 Å². The summed E-state index contributed by atoms with van der Waals surface area (Å²) in [6.07, 6.45) is 2.18. The first-order chi connectivity index (χ1) is 15.2. The van der Waals surface area contributed by atoms with E-state index in [1.165, 1.54) is 28.6 Å². The minimum Gasteiger partial charge on any atom is -0.490 e. The zero-order chi connectivity index (χ0) is 22.9. The third-order valence-corrected chi connectivity index (χ3v) is 7.20. The summed E-state index contributed by atoms with van der Waals surface area (Å²) in [6, 6.07) is 9.52. The molecule has 0 bridgehead atoms. The van der Waals surface area contributed by atoms with E-state index in [-0.39, 0.29) is 30.6 Å². The van der Waals surface area contributed by atoms with Gasteiger partial charge in [0, 0.05) is 0 Å². The smallest absolute Gasteiger partial charge is 0.250 e. The van der Waals surface area contributed by atoms with Gasteiger partial charge in [-0.05, 0) is 42.2 Å². The Labute approximate surface area is 185 Å². The zero-order valence-electron chi connectivity index (χ0n) is 17.8. The minimum atomic E-state index is -4.18. The van der Waals surface area contributed by atoms with Crippen molar-refractivity contribution in [3.05, 3.63) is 71.6 Å². The molecule has 0 saturated carbocycles. The Morgan fingerprint density at radius 3 is 2.59 bits per heavy atom. The first kappa shape index (κ1) is 22.3. The molecule has 0 unspecified atom stereocenters. The summed E-state index contributed by atoms with van der Waals surface area (Å²) in [6.45, 7) is 4.37. The fourth-order valence-electron chi connectivity index (χ4n) is 3.80. The number of aromatic nitrogens is 3. The number of rotatable bonds is 6. The molecule has 0 N–H and O–H groups in total. The minimum absolute atomic E-state index is 0.0150. The molecule has 1 aliphatic heterocycles. The number of nitrogens with zero attached hydrogens (tertiary/aromatic N) is 4. The topological polar surface area (TPSA) is 77.3 Å². The van der Waals surface area contributed by atoms with E-state index in [0.29, 0.717) is 18.7 Å². The summed E-state index contributed by atoms with van der Waals surface area (Å²) in [5, 5.41) is 8.17. The molecule has 1 atom stereocenters. The van der Waals surface area contributed by atoms with Crippen LogP contribution in [0.25, 0.3) is 0 Å². The van der Waals surface area contributed by atoms with Gasteiger partial charge < -0.3 is 4.74 Å². The highest BCUT2D eigenvalue weighted by molar-refractivity contribution is 7.89. The lowest BCUT2D eigenvalue weighted by Crippen LogP contribution is -2.42. The molecule has 7 nitrogen and oxygen atoms in total. The number of hydrogen-bond acceptors (Lipinski definition) is 5. The van der Waals surface area contributed by atoms with Gasteiger partial charge in [0.1, 0.15) is 24.0 Å². The van der Waals surface area contributed by atoms with Gasteiger partial charge in [0.05, 0.1) is 31.0 Å². The fourth-order valence-corrected chi connectivity index (χ4v) is 5.58. The molecule has 0 radical (unpaired) electrons. The SMILES string of the molecule is CC(C)C[C@H]1COc2cccc(F)c2S(=O)(=O)N1Cc1cn(Cc2ccc(F)cc2)nn1. The van der Waals surface area contributed by atoms with E-state index in [1.54, 1.807) is 23.0 Å². The molecule has 2 heterocycles. The molecule has 0 aliphatic carbocycles. The summed E-state index contributed by atoms with van der Waals surface area (Å²) < 4.78 is 63.2. The van der Waals surface area contributed by atoms with Crippen LogP contribution in [0.15, 0.2) is 53.6 Å². The van der Waals surface area contributed by atoms with Crippen molar-refractivity contribution in [1.82, 2.24) is 19.3 Å². The lowest BCUT2D eigenvalue weighted by molar-refractivity contribution is 0.186. The van der Waals surface area contributed by atoms with Crippen LogP contribution in [0.3, 0.4) is 0 Å². The Bertz CT molecular complexity index is 1200. The monoisotopic (exact) mass is 462 g/mol. The molecular formula is C22H24F2N4O3S. The van der Waals surface area contributed by atoms with Crippen LogP contribution in [0.1, 0.15) is 31.5 Å². The van der Waals surface area contributed by atoms with E-state index >= 15 is 0 Å². The first-order valence-corrected chi connectivity index (χ1v) is 11.7. The van der Waals surface area contributed by atoms with E-state index < -0.39 is 26.8 Å². The van der Waals surface area contributed by atoms with Crippen molar-refractivity contribution in [3.63, 3.8) is 0 Å². The van der Waals surface area contributed by atoms with Gasteiger partial charge in [0.15, 0.2) is 4.90 Å². The molecule has 3 aromatic rings. The highest BCUT2D eigenvalue weighted by Crippen LogP contribution is 2.35. The average molecular weight is 463 g/mol. The summed E-state index contributed by atoms with van der Waals surface area (Å²) in [5.74, 6) is -0.967. The van der Waals surface area contributed by atoms with Crippen LogP contribution in [0.4, 0.5) is 8.78 Å². The number of benzene rings is 2. The third-order valence-electron chi connectivity index (χ3n) is 5.24. The Morgan fingerprint density at radius 1 is 1.12 bits per heavy atom. The van der Waals surface area contributed by atoms with Crippen molar-refractivity contribution in [2.75, 3.05) is 6.61 Å². The molecular weight excluding hydrogens is 438 g/mol. The predicted molar refractivity (Wildman–Crippen MR) is 113 cm³/mol. The normalized spacial score (nSPS) is 18.2. The van der Waals surface area contributed by atoms with Gasteiger partial charge in [0.25, 0.3) is 0 Å². The lowest BCUT2D eigenvalue weighted by atomic mass is 10.0. The third kappa shape index (κ3) is 4.66. The zero-order valence-corrected chi connectivity index (χ0v) is 18.6. The van der Waals surface area contributed by atoms with Gasteiger partial charge >= 0.3 is 0 Å². The fraction of sp³-hybridized carbons (Fsp3) is 0.364. The van der Waals surface area contributed by atoms with Crippen LogP contribution in [0, 0.1) is 17.6 Å². The van der Waals surface area contributed by atoms with E-state index in [2.05, 4.69) is 10.3 Å². The second-order valence-electron chi connectivity index (χ2n) is 8.25. The maximum atomic E-state index is 14.6. The van der Waals surface area contributed by atoms with Crippen molar-refractivity contribution in [2.45, 2.75) is 44.3 Å². The van der Waals surface area contributed by atoms with Gasteiger partial charge in [-0.1, -0.05) is 37.3 Å². The van der Waals surface area contributed by atoms with Crippen LogP contribution in [0.5, 0.6) is 5.75 Å². The quantitative estimate of drug-likeness (QED) is 0.559. The van der Waals surface area contributed by atoms with E-state index in [1.807, 2.05) is 13.8 Å². The maximum Gasteiger partial charge on any atom is 0.250 e. The number of halogens is 2. The standard InChI is InChI=1S/C22H24F2N4O3S/c1-15(2)10-19-14-31-21-5-3-4-20(24)22(21)32(29,30)28(19)13-18-12-27(26-25-18)11-16-6-8-17(23)9-7-16/h3-9,12,15,19H,10-11,13-14H2,1-2H3/t19-/m0/s1. The average Bonchev–Trinajstić information content (AvgIpc) is 3.13. The van der Waals surface area contributed by atoms with Crippen molar-refractivity contribution in [2.24, 2.45) is 5.92 Å². The first-order valence-electron chi connectivity index (χ1n) is 10.3. The largest absolute Gasteiger partial charge is 0.490 e. The van der Waals surface area contributed by atoms with Crippen molar-refractivity contribution < 1.29 is 21.9 Å². The molecule has 10 heteroatoms. The van der Waals surface area contributed by atoms with Gasteiger partial charge in [0.2, 0.25) is 10.0 Å². The number of sulfonamides is 1. The number of hydrogen-bond donors (Lipinski definition) is 0. The van der Waals surface area contributed by atoms with E-state index in [4.69, 9.17) is 4.74 Å². The van der Waals surface area contributed by atoms with Crippen molar-refractivity contribution >= 4 is 10.0 Å². The molecule has 4 rings (SSSR count). The molecule has 2 aromatic carbocycles. The van der Waals surface area contributed by atoms with Crippen LogP contribution in [-0.2, 0) is 23.1 Å². The van der Waals surface area contributed by atoms with Crippen LogP contribution < -0.4 is 4.74 Å². The second kappa shape index (κ2) is 8.95. The van der Waals surface area contributed by atoms with E-state index in [0.717, 1.165) is 11.6 Å².